The molecular weight excluding hydrogens is 296 g/mol. The molecule has 1 saturated carbocycles. The lowest BCUT2D eigenvalue weighted by atomic mass is 9.81. The zero-order valence-electron chi connectivity index (χ0n) is 13.1. The standard InChI is InChI=1S/C17H20N2O4/c1-19(17(12-18)8-3-2-4-9-17)15(21)11-23-16(22)13-6-5-7-14(20)10-13/h5-7,10,20H,2-4,8-9,11H2,1H3. The molecule has 0 saturated heterocycles. The first kappa shape index (κ1) is 16.8. The quantitative estimate of drug-likeness (QED) is 0.860. The second-order valence-electron chi connectivity index (χ2n) is 5.78. The molecule has 0 spiro atoms. The summed E-state index contributed by atoms with van der Waals surface area (Å²) >= 11 is 0. The van der Waals surface area contributed by atoms with Crippen molar-refractivity contribution in [2.45, 2.75) is 37.6 Å². The Morgan fingerprint density at radius 2 is 2.04 bits per heavy atom. The van der Waals surface area contributed by atoms with Crippen LogP contribution in [0.1, 0.15) is 42.5 Å². The summed E-state index contributed by atoms with van der Waals surface area (Å²) in [5, 5.41) is 18.8. The Hall–Kier alpha value is -2.55. The number of hydrogen-bond donors (Lipinski definition) is 1. The Bertz CT molecular complexity index is 630. The third kappa shape index (κ3) is 3.81. The highest BCUT2D eigenvalue weighted by molar-refractivity contribution is 5.91. The number of ether oxygens (including phenoxy) is 1. The van der Waals surface area contributed by atoms with Gasteiger partial charge in [-0.05, 0) is 31.0 Å². The van der Waals surface area contributed by atoms with Crippen LogP contribution in [0.25, 0.3) is 0 Å². The zero-order valence-corrected chi connectivity index (χ0v) is 13.1. The van der Waals surface area contributed by atoms with Crippen LogP contribution < -0.4 is 0 Å². The number of carbonyl (C=O) groups is 2. The van der Waals surface area contributed by atoms with E-state index in [1.54, 1.807) is 7.05 Å². The van der Waals surface area contributed by atoms with Gasteiger partial charge >= 0.3 is 5.97 Å². The summed E-state index contributed by atoms with van der Waals surface area (Å²) in [6.07, 6.45) is 4.18. The molecule has 6 nitrogen and oxygen atoms in total. The average molecular weight is 316 g/mol. The molecule has 0 heterocycles. The third-order valence-electron chi connectivity index (χ3n) is 4.31. The van der Waals surface area contributed by atoms with E-state index in [0.717, 1.165) is 19.3 Å². The lowest BCUT2D eigenvalue weighted by Crippen LogP contribution is -2.51. The fourth-order valence-electron chi connectivity index (χ4n) is 2.84. The second-order valence-corrected chi connectivity index (χ2v) is 5.78. The molecule has 0 aliphatic heterocycles. The van der Waals surface area contributed by atoms with Gasteiger partial charge in [0.2, 0.25) is 0 Å². The van der Waals surface area contributed by atoms with E-state index < -0.39 is 24.0 Å². The molecule has 0 atom stereocenters. The predicted octanol–water partition coefficient (Wildman–Crippen LogP) is 2.23. The van der Waals surface area contributed by atoms with Gasteiger partial charge in [-0.15, -0.1) is 0 Å². The van der Waals surface area contributed by atoms with Gasteiger partial charge in [0.25, 0.3) is 5.91 Å². The van der Waals surface area contributed by atoms with E-state index in [4.69, 9.17) is 4.74 Å². The van der Waals surface area contributed by atoms with Crippen molar-refractivity contribution in [1.82, 2.24) is 4.90 Å². The predicted molar refractivity (Wildman–Crippen MR) is 82.6 cm³/mol. The normalized spacial score (nSPS) is 16.2. The van der Waals surface area contributed by atoms with Gasteiger partial charge in [0, 0.05) is 7.05 Å². The highest BCUT2D eigenvalue weighted by Crippen LogP contribution is 2.32. The van der Waals surface area contributed by atoms with E-state index in [0.29, 0.717) is 12.8 Å². The van der Waals surface area contributed by atoms with Crippen molar-refractivity contribution in [3.63, 3.8) is 0 Å². The molecule has 0 unspecified atom stereocenters. The number of rotatable bonds is 4. The smallest absolute Gasteiger partial charge is 0.338 e. The summed E-state index contributed by atoms with van der Waals surface area (Å²) < 4.78 is 5.00. The third-order valence-corrected chi connectivity index (χ3v) is 4.31. The lowest BCUT2D eigenvalue weighted by molar-refractivity contribution is -0.138. The number of phenolic OH excluding ortho intramolecular Hbond substituents is 1. The van der Waals surface area contributed by atoms with Gasteiger partial charge in [-0.1, -0.05) is 25.3 Å². The molecule has 0 aromatic heterocycles. The SMILES string of the molecule is CN(C(=O)COC(=O)c1cccc(O)c1)C1(C#N)CCCCC1. The number of likely N-dealkylation sites (N-methyl/N-ethyl adjacent to an activating group) is 1. The molecule has 1 aliphatic rings. The van der Waals surface area contributed by atoms with Crippen LogP contribution in [0.4, 0.5) is 0 Å². The molecule has 1 fully saturated rings. The molecule has 6 heteroatoms. The number of amides is 1. The second kappa shape index (κ2) is 7.14. The van der Waals surface area contributed by atoms with Gasteiger partial charge in [0.05, 0.1) is 11.6 Å². The molecule has 1 aromatic carbocycles. The maximum Gasteiger partial charge on any atom is 0.338 e. The Labute approximate surface area is 135 Å². The number of benzene rings is 1. The van der Waals surface area contributed by atoms with E-state index in [1.165, 1.54) is 29.2 Å². The molecule has 1 aliphatic carbocycles. The number of hydrogen-bond acceptors (Lipinski definition) is 5. The highest BCUT2D eigenvalue weighted by Gasteiger charge is 2.38. The first-order chi connectivity index (χ1) is 11.0. The minimum Gasteiger partial charge on any atom is -0.508 e. The van der Waals surface area contributed by atoms with Gasteiger partial charge in [-0.25, -0.2) is 4.79 Å². The van der Waals surface area contributed by atoms with Gasteiger partial charge in [0.15, 0.2) is 6.61 Å². The summed E-state index contributed by atoms with van der Waals surface area (Å²) in [6, 6.07) is 7.98. The van der Waals surface area contributed by atoms with E-state index in [2.05, 4.69) is 6.07 Å². The van der Waals surface area contributed by atoms with Crippen molar-refractivity contribution in [2.75, 3.05) is 13.7 Å². The number of phenols is 1. The summed E-state index contributed by atoms with van der Waals surface area (Å²) in [5.41, 5.74) is -0.625. The Morgan fingerprint density at radius 3 is 2.65 bits per heavy atom. The largest absolute Gasteiger partial charge is 0.508 e. The number of aromatic hydroxyl groups is 1. The van der Waals surface area contributed by atoms with Crippen LogP contribution >= 0.6 is 0 Å². The highest BCUT2D eigenvalue weighted by atomic mass is 16.5. The zero-order chi connectivity index (χ0) is 16.9. The molecule has 23 heavy (non-hydrogen) atoms. The minimum absolute atomic E-state index is 0.0477. The summed E-state index contributed by atoms with van der Waals surface area (Å²) in [5.74, 6) is -1.13. The van der Waals surface area contributed by atoms with Gasteiger partial charge < -0.3 is 14.7 Å². The maximum atomic E-state index is 12.3. The first-order valence-electron chi connectivity index (χ1n) is 7.62. The Kier molecular flexibility index (Phi) is 5.22. The summed E-state index contributed by atoms with van der Waals surface area (Å²) in [6.45, 7) is -0.422. The van der Waals surface area contributed by atoms with Crippen LogP contribution in [0.15, 0.2) is 24.3 Å². The molecule has 1 amide bonds. The average Bonchev–Trinajstić information content (AvgIpc) is 2.59. The Balaban J connectivity index is 1.96. The molecule has 2 rings (SSSR count). The van der Waals surface area contributed by atoms with E-state index >= 15 is 0 Å². The van der Waals surface area contributed by atoms with Crippen molar-refractivity contribution in [1.29, 1.82) is 5.26 Å². The number of carbonyl (C=O) groups excluding carboxylic acids is 2. The number of nitriles is 1. The van der Waals surface area contributed by atoms with Gasteiger partial charge in [-0.2, -0.15) is 5.26 Å². The van der Waals surface area contributed by atoms with E-state index in [-0.39, 0.29) is 11.3 Å². The molecule has 0 radical (unpaired) electrons. The van der Waals surface area contributed by atoms with Crippen LogP contribution in [0.3, 0.4) is 0 Å². The number of nitrogens with zero attached hydrogens (tertiary/aromatic N) is 2. The fourth-order valence-corrected chi connectivity index (χ4v) is 2.84. The van der Waals surface area contributed by atoms with Crippen molar-refractivity contribution >= 4 is 11.9 Å². The van der Waals surface area contributed by atoms with Crippen LogP contribution in [-0.2, 0) is 9.53 Å². The van der Waals surface area contributed by atoms with Gasteiger partial charge in [-0.3, -0.25) is 4.79 Å². The first-order valence-corrected chi connectivity index (χ1v) is 7.62. The van der Waals surface area contributed by atoms with Crippen LogP contribution in [0.5, 0.6) is 5.75 Å². The van der Waals surface area contributed by atoms with Crippen molar-refractivity contribution in [3.8, 4) is 11.8 Å². The molecule has 1 aromatic rings. The summed E-state index contributed by atoms with van der Waals surface area (Å²) in [4.78, 5) is 25.5. The van der Waals surface area contributed by atoms with Crippen molar-refractivity contribution < 1.29 is 19.4 Å². The van der Waals surface area contributed by atoms with Gasteiger partial charge in [0.1, 0.15) is 11.3 Å². The molecule has 122 valence electrons. The van der Waals surface area contributed by atoms with E-state index in [1.807, 2.05) is 0 Å². The topological polar surface area (TPSA) is 90.6 Å². The molecule has 1 N–H and O–H groups in total. The van der Waals surface area contributed by atoms with Crippen molar-refractivity contribution in [2.24, 2.45) is 0 Å². The van der Waals surface area contributed by atoms with Crippen molar-refractivity contribution in [3.05, 3.63) is 29.8 Å². The fraction of sp³-hybridized carbons (Fsp3) is 0.471. The monoisotopic (exact) mass is 316 g/mol. The molecular formula is C17H20N2O4. The summed E-state index contributed by atoms with van der Waals surface area (Å²) in [7, 11) is 1.58. The minimum atomic E-state index is -0.799. The van der Waals surface area contributed by atoms with Crippen LogP contribution in [0.2, 0.25) is 0 Å². The van der Waals surface area contributed by atoms with E-state index in [9.17, 15) is 20.0 Å². The number of esters is 1. The van der Waals surface area contributed by atoms with Crippen LogP contribution in [0, 0.1) is 11.3 Å². The maximum absolute atomic E-state index is 12.3. The molecule has 0 bridgehead atoms. The Morgan fingerprint density at radius 1 is 1.35 bits per heavy atom. The van der Waals surface area contributed by atoms with Crippen LogP contribution in [-0.4, -0.2) is 41.1 Å². The lowest BCUT2D eigenvalue weighted by Gasteiger charge is -2.38.